The first-order chi connectivity index (χ1) is 14.4. The minimum atomic E-state index is 0.225. The van der Waals surface area contributed by atoms with Crippen LogP contribution in [0.2, 0.25) is 20.1 Å². The molecular formula is C22H18BrCl4NO2. The second-order valence-electron chi connectivity index (χ2n) is 6.29. The van der Waals surface area contributed by atoms with Crippen molar-refractivity contribution < 1.29 is 9.47 Å². The molecule has 0 aliphatic carbocycles. The number of halogens is 5. The van der Waals surface area contributed by atoms with Crippen LogP contribution in [0.1, 0.15) is 18.1 Å². The van der Waals surface area contributed by atoms with Gasteiger partial charge in [-0.15, -0.1) is 0 Å². The van der Waals surface area contributed by atoms with E-state index in [0.29, 0.717) is 44.7 Å². The van der Waals surface area contributed by atoms with Gasteiger partial charge in [-0.1, -0.05) is 68.4 Å². The van der Waals surface area contributed by atoms with Crippen LogP contribution in [0.15, 0.2) is 53.0 Å². The fourth-order valence-electron chi connectivity index (χ4n) is 2.74. The van der Waals surface area contributed by atoms with E-state index in [4.69, 9.17) is 55.9 Å². The SMILES string of the molecule is CCOc1cc(CNc2ccc(Cl)cc2Cl)c(Br)cc1OCc1c(Cl)cccc1Cl. The summed E-state index contributed by atoms with van der Waals surface area (Å²) in [4.78, 5) is 0. The van der Waals surface area contributed by atoms with E-state index in [1.807, 2.05) is 25.1 Å². The van der Waals surface area contributed by atoms with Gasteiger partial charge in [-0.25, -0.2) is 0 Å². The van der Waals surface area contributed by atoms with Gasteiger partial charge in [0.2, 0.25) is 0 Å². The largest absolute Gasteiger partial charge is 0.490 e. The Morgan fingerprint density at radius 3 is 2.23 bits per heavy atom. The summed E-state index contributed by atoms with van der Waals surface area (Å²) in [5.74, 6) is 1.22. The molecule has 0 aliphatic rings. The van der Waals surface area contributed by atoms with E-state index < -0.39 is 0 Å². The van der Waals surface area contributed by atoms with Gasteiger partial charge in [-0.2, -0.15) is 0 Å². The second kappa shape index (κ2) is 10.8. The average Bonchev–Trinajstić information content (AvgIpc) is 2.69. The summed E-state index contributed by atoms with van der Waals surface area (Å²) in [5.41, 5.74) is 2.50. The van der Waals surface area contributed by atoms with Crippen LogP contribution >= 0.6 is 62.3 Å². The Bertz CT molecular complexity index is 1030. The highest BCUT2D eigenvalue weighted by Gasteiger charge is 2.14. The summed E-state index contributed by atoms with van der Waals surface area (Å²) < 4.78 is 12.6. The Labute approximate surface area is 204 Å². The first-order valence-corrected chi connectivity index (χ1v) is 11.4. The van der Waals surface area contributed by atoms with Crippen molar-refractivity contribution in [2.75, 3.05) is 11.9 Å². The number of anilines is 1. The van der Waals surface area contributed by atoms with Crippen molar-refractivity contribution in [1.82, 2.24) is 0 Å². The van der Waals surface area contributed by atoms with Crippen LogP contribution in [0, 0.1) is 0 Å². The molecule has 0 fully saturated rings. The lowest BCUT2D eigenvalue weighted by atomic mass is 10.2. The smallest absolute Gasteiger partial charge is 0.162 e. The molecule has 1 N–H and O–H groups in total. The molecule has 0 heterocycles. The highest BCUT2D eigenvalue weighted by molar-refractivity contribution is 9.10. The van der Waals surface area contributed by atoms with E-state index in [1.165, 1.54) is 0 Å². The molecule has 0 aliphatic heterocycles. The topological polar surface area (TPSA) is 30.5 Å². The molecule has 0 radical (unpaired) electrons. The van der Waals surface area contributed by atoms with Crippen molar-refractivity contribution in [3.05, 3.63) is 84.2 Å². The molecule has 0 bridgehead atoms. The van der Waals surface area contributed by atoms with Gasteiger partial charge in [-0.05, 0) is 55.0 Å². The highest BCUT2D eigenvalue weighted by atomic mass is 79.9. The number of nitrogens with one attached hydrogen (secondary N) is 1. The molecule has 3 aromatic rings. The van der Waals surface area contributed by atoms with Gasteiger partial charge in [0, 0.05) is 31.6 Å². The van der Waals surface area contributed by atoms with Crippen LogP contribution in [-0.4, -0.2) is 6.61 Å². The third kappa shape index (κ3) is 5.89. The van der Waals surface area contributed by atoms with E-state index in [9.17, 15) is 0 Å². The highest BCUT2D eigenvalue weighted by Crippen LogP contribution is 2.36. The summed E-state index contributed by atoms with van der Waals surface area (Å²) in [6.07, 6.45) is 0. The molecule has 3 aromatic carbocycles. The summed E-state index contributed by atoms with van der Waals surface area (Å²) in [6.45, 7) is 3.17. The van der Waals surface area contributed by atoms with Crippen LogP contribution in [0.5, 0.6) is 11.5 Å². The normalized spacial score (nSPS) is 10.7. The fraction of sp³-hybridized carbons (Fsp3) is 0.182. The Kier molecular flexibility index (Phi) is 8.44. The van der Waals surface area contributed by atoms with Gasteiger partial charge in [0.05, 0.1) is 17.3 Å². The van der Waals surface area contributed by atoms with E-state index in [-0.39, 0.29) is 6.61 Å². The molecule has 8 heteroatoms. The van der Waals surface area contributed by atoms with Gasteiger partial charge < -0.3 is 14.8 Å². The van der Waals surface area contributed by atoms with Gasteiger partial charge in [0.25, 0.3) is 0 Å². The van der Waals surface area contributed by atoms with E-state index >= 15 is 0 Å². The summed E-state index contributed by atoms with van der Waals surface area (Å²) in [7, 11) is 0. The predicted molar refractivity (Wildman–Crippen MR) is 130 cm³/mol. The maximum absolute atomic E-state index is 6.24. The second-order valence-corrected chi connectivity index (χ2v) is 8.80. The number of benzene rings is 3. The van der Waals surface area contributed by atoms with Crippen molar-refractivity contribution in [2.24, 2.45) is 0 Å². The molecule has 0 amide bonds. The molecule has 0 unspecified atom stereocenters. The zero-order valence-corrected chi connectivity index (χ0v) is 20.6. The summed E-state index contributed by atoms with van der Waals surface area (Å²) in [6, 6.07) is 14.5. The number of hydrogen-bond donors (Lipinski definition) is 1. The Morgan fingerprint density at radius 1 is 0.867 bits per heavy atom. The standard InChI is InChI=1S/C22H18BrCl4NO2/c1-2-29-21-8-13(11-28-20-7-6-14(24)9-19(20)27)16(23)10-22(21)30-12-15-17(25)4-3-5-18(15)26/h3-10,28H,2,11-12H2,1H3. The van der Waals surface area contributed by atoms with E-state index in [2.05, 4.69) is 21.2 Å². The maximum Gasteiger partial charge on any atom is 0.162 e. The van der Waals surface area contributed by atoms with E-state index in [0.717, 1.165) is 21.3 Å². The molecule has 0 aromatic heterocycles. The van der Waals surface area contributed by atoms with Crippen LogP contribution in [0.25, 0.3) is 0 Å². The minimum absolute atomic E-state index is 0.225. The molecule has 0 atom stereocenters. The lowest BCUT2D eigenvalue weighted by molar-refractivity contribution is 0.269. The first-order valence-electron chi connectivity index (χ1n) is 9.09. The number of ether oxygens (including phenoxy) is 2. The minimum Gasteiger partial charge on any atom is -0.490 e. The van der Waals surface area contributed by atoms with Crippen LogP contribution in [0.3, 0.4) is 0 Å². The maximum atomic E-state index is 6.24. The average molecular weight is 550 g/mol. The molecule has 0 spiro atoms. The molecule has 0 saturated heterocycles. The number of rotatable bonds is 8. The molecule has 3 rings (SSSR count). The molecular weight excluding hydrogens is 532 g/mol. The Morgan fingerprint density at radius 2 is 1.57 bits per heavy atom. The molecule has 158 valence electrons. The van der Waals surface area contributed by atoms with Gasteiger partial charge in [0.15, 0.2) is 11.5 Å². The van der Waals surface area contributed by atoms with E-state index in [1.54, 1.807) is 30.3 Å². The third-order valence-corrected chi connectivity index (χ3v) is 6.24. The van der Waals surface area contributed by atoms with Crippen molar-refractivity contribution in [1.29, 1.82) is 0 Å². The van der Waals surface area contributed by atoms with Gasteiger partial charge in [-0.3, -0.25) is 0 Å². The molecule has 3 nitrogen and oxygen atoms in total. The lowest BCUT2D eigenvalue weighted by Crippen LogP contribution is -2.05. The Balaban J connectivity index is 1.79. The van der Waals surface area contributed by atoms with Gasteiger partial charge in [0.1, 0.15) is 6.61 Å². The first kappa shape index (κ1) is 23.4. The third-order valence-electron chi connectivity index (χ3n) is 4.25. The quantitative estimate of drug-likeness (QED) is 0.305. The molecule has 30 heavy (non-hydrogen) atoms. The van der Waals surface area contributed by atoms with Crippen molar-refractivity contribution in [3.63, 3.8) is 0 Å². The van der Waals surface area contributed by atoms with Crippen LogP contribution in [0.4, 0.5) is 5.69 Å². The van der Waals surface area contributed by atoms with Crippen molar-refractivity contribution in [2.45, 2.75) is 20.1 Å². The monoisotopic (exact) mass is 547 g/mol. The van der Waals surface area contributed by atoms with Crippen LogP contribution in [-0.2, 0) is 13.2 Å². The van der Waals surface area contributed by atoms with Crippen molar-refractivity contribution in [3.8, 4) is 11.5 Å². The summed E-state index contributed by atoms with van der Waals surface area (Å²) in [5, 5.41) is 5.56. The van der Waals surface area contributed by atoms with Crippen molar-refractivity contribution >= 4 is 68.0 Å². The summed E-state index contributed by atoms with van der Waals surface area (Å²) >= 11 is 28.3. The zero-order valence-electron chi connectivity index (χ0n) is 15.9. The molecule has 0 saturated carbocycles. The fourth-order valence-corrected chi connectivity index (χ4v) is 4.18. The van der Waals surface area contributed by atoms with Gasteiger partial charge >= 0.3 is 0 Å². The lowest BCUT2D eigenvalue weighted by Gasteiger charge is -2.17. The predicted octanol–water partition coefficient (Wildman–Crippen LogP) is 8.65. The van der Waals surface area contributed by atoms with Crippen LogP contribution < -0.4 is 14.8 Å². The zero-order chi connectivity index (χ0) is 21.7. The number of hydrogen-bond acceptors (Lipinski definition) is 3. The Hall–Kier alpha value is -1.30.